The topological polar surface area (TPSA) is 0 Å². The SMILES string of the molecule is CC(C)c1ccc(C=CCCCl)cc1. The Morgan fingerprint density at radius 3 is 2.36 bits per heavy atom. The zero-order valence-corrected chi connectivity index (χ0v) is 9.59. The summed E-state index contributed by atoms with van der Waals surface area (Å²) in [6.45, 7) is 4.41. The second kappa shape index (κ2) is 5.87. The average Bonchev–Trinajstić information content (AvgIpc) is 2.19. The standard InChI is InChI=1S/C13H17Cl/c1-11(2)13-8-6-12(7-9-13)5-3-4-10-14/h3,5-9,11H,4,10H2,1-2H3. The van der Waals surface area contributed by atoms with Gasteiger partial charge in [0.2, 0.25) is 0 Å². The number of allylic oxidation sites excluding steroid dienone is 1. The molecule has 76 valence electrons. The maximum atomic E-state index is 5.58. The first-order valence-corrected chi connectivity index (χ1v) is 5.60. The molecule has 0 radical (unpaired) electrons. The molecule has 0 aliphatic carbocycles. The van der Waals surface area contributed by atoms with Gasteiger partial charge < -0.3 is 0 Å². The zero-order valence-electron chi connectivity index (χ0n) is 8.83. The molecule has 0 spiro atoms. The van der Waals surface area contributed by atoms with Crippen LogP contribution < -0.4 is 0 Å². The molecule has 0 unspecified atom stereocenters. The summed E-state index contributed by atoms with van der Waals surface area (Å²) in [5.41, 5.74) is 2.64. The smallest absolute Gasteiger partial charge is 0.0258 e. The first-order valence-electron chi connectivity index (χ1n) is 5.06. The van der Waals surface area contributed by atoms with Crippen LogP contribution in [0.3, 0.4) is 0 Å². The number of halogens is 1. The third-order valence-electron chi connectivity index (χ3n) is 2.19. The van der Waals surface area contributed by atoms with E-state index in [1.54, 1.807) is 0 Å². The van der Waals surface area contributed by atoms with Gasteiger partial charge in [-0.3, -0.25) is 0 Å². The molecule has 0 fully saturated rings. The van der Waals surface area contributed by atoms with E-state index < -0.39 is 0 Å². The van der Waals surface area contributed by atoms with E-state index in [9.17, 15) is 0 Å². The number of rotatable bonds is 4. The Hall–Kier alpha value is -0.750. The molecule has 0 heterocycles. The van der Waals surface area contributed by atoms with E-state index in [2.05, 4.69) is 50.3 Å². The number of alkyl halides is 1. The molecule has 0 nitrogen and oxygen atoms in total. The summed E-state index contributed by atoms with van der Waals surface area (Å²) in [6.07, 6.45) is 5.16. The molecule has 1 rings (SSSR count). The third kappa shape index (κ3) is 3.55. The first-order chi connectivity index (χ1) is 6.74. The van der Waals surface area contributed by atoms with Gasteiger partial charge in [0.05, 0.1) is 0 Å². The minimum Gasteiger partial charge on any atom is -0.126 e. The van der Waals surface area contributed by atoms with E-state index in [1.165, 1.54) is 11.1 Å². The van der Waals surface area contributed by atoms with Gasteiger partial charge in [-0.15, -0.1) is 11.6 Å². The molecule has 0 N–H and O–H groups in total. The predicted octanol–water partition coefficient (Wildman–Crippen LogP) is 4.45. The van der Waals surface area contributed by atoms with Crippen LogP contribution in [-0.2, 0) is 0 Å². The first kappa shape index (κ1) is 11.3. The van der Waals surface area contributed by atoms with Gasteiger partial charge in [-0.25, -0.2) is 0 Å². The Morgan fingerprint density at radius 1 is 1.21 bits per heavy atom. The second-order valence-corrected chi connectivity index (χ2v) is 4.08. The lowest BCUT2D eigenvalue weighted by molar-refractivity contribution is 0.866. The summed E-state index contributed by atoms with van der Waals surface area (Å²) < 4.78 is 0. The molecule has 0 bridgehead atoms. The lowest BCUT2D eigenvalue weighted by Gasteiger charge is -2.04. The van der Waals surface area contributed by atoms with Crippen LogP contribution in [-0.4, -0.2) is 5.88 Å². The lowest BCUT2D eigenvalue weighted by Crippen LogP contribution is -1.85. The van der Waals surface area contributed by atoms with Gasteiger partial charge in [0, 0.05) is 5.88 Å². The van der Waals surface area contributed by atoms with E-state index in [1.807, 2.05) is 0 Å². The monoisotopic (exact) mass is 208 g/mol. The van der Waals surface area contributed by atoms with Crippen LogP contribution in [0.15, 0.2) is 30.3 Å². The maximum Gasteiger partial charge on any atom is 0.0258 e. The maximum absolute atomic E-state index is 5.58. The summed E-state index contributed by atoms with van der Waals surface area (Å²) >= 11 is 5.58. The van der Waals surface area contributed by atoms with Crippen molar-refractivity contribution >= 4 is 17.7 Å². The van der Waals surface area contributed by atoms with Gasteiger partial charge in [-0.1, -0.05) is 50.3 Å². The van der Waals surface area contributed by atoms with Crippen molar-refractivity contribution in [2.24, 2.45) is 0 Å². The summed E-state index contributed by atoms with van der Waals surface area (Å²) in [7, 11) is 0. The molecular weight excluding hydrogens is 192 g/mol. The van der Waals surface area contributed by atoms with Gasteiger partial charge in [-0.2, -0.15) is 0 Å². The lowest BCUT2D eigenvalue weighted by atomic mass is 10.0. The van der Waals surface area contributed by atoms with Gasteiger partial charge in [0.15, 0.2) is 0 Å². The Balaban J connectivity index is 2.64. The summed E-state index contributed by atoms with van der Waals surface area (Å²) in [5.74, 6) is 1.30. The number of benzene rings is 1. The van der Waals surface area contributed by atoms with Crippen LogP contribution in [0, 0.1) is 0 Å². The molecule has 1 aromatic carbocycles. The molecule has 0 aromatic heterocycles. The van der Waals surface area contributed by atoms with E-state index in [0.29, 0.717) is 11.8 Å². The van der Waals surface area contributed by atoms with Crippen molar-refractivity contribution in [1.29, 1.82) is 0 Å². The Bertz CT molecular complexity index is 283. The molecule has 0 saturated heterocycles. The van der Waals surface area contributed by atoms with Crippen LogP contribution in [0.1, 0.15) is 37.3 Å². The highest BCUT2D eigenvalue weighted by molar-refractivity contribution is 6.17. The average molecular weight is 209 g/mol. The van der Waals surface area contributed by atoms with Gasteiger partial charge in [0.1, 0.15) is 0 Å². The third-order valence-corrected chi connectivity index (χ3v) is 2.41. The Morgan fingerprint density at radius 2 is 1.86 bits per heavy atom. The van der Waals surface area contributed by atoms with Crippen LogP contribution >= 0.6 is 11.6 Å². The highest BCUT2D eigenvalue weighted by Crippen LogP contribution is 2.15. The molecule has 0 aliphatic rings. The number of hydrogen-bond acceptors (Lipinski definition) is 0. The predicted molar refractivity (Wildman–Crippen MR) is 64.9 cm³/mol. The fraction of sp³-hybridized carbons (Fsp3) is 0.385. The van der Waals surface area contributed by atoms with Crippen molar-refractivity contribution in [2.45, 2.75) is 26.2 Å². The van der Waals surface area contributed by atoms with Crippen molar-refractivity contribution in [3.63, 3.8) is 0 Å². The molecule has 1 aromatic rings. The Kier molecular flexibility index (Phi) is 4.75. The highest BCUT2D eigenvalue weighted by Gasteiger charge is 1.96. The van der Waals surface area contributed by atoms with Crippen LogP contribution in [0.5, 0.6) is 0 Å². The van der Waals surface area contributed by atoms with Crippen molar-refractivity contribution in [3.05, 3.63) is 41.5 Å². The largest absolute Gasteiger partial charge is 0.126 e. The van der Waals surface area contributed by atoms with E-state index in [4.69, 9.17) is 11.6 Å². The minimum absolute atomic E-state index is 0.607. The quantitative estimate of drug-likeness (QED) is 0.642. The van der Waals surface area contributed by atoms with Gasteiger partial charge >= 0.3 is 0 Å². The number of hydrogen-bond donors (Lipinski definition) is 0. The molecule has 14 heavy (non-hydrogen) atoms. The summed E-state index contributed by atoms with van der Waals surface area (Å²) in [5, 5.41) is 0. The summed E-state index contributed by atoms with van der Waals surface area (Å²) in [4.78, 5) is 0. The fourth-order valence-corrected chi connectivity index (χ4v) is 1.40. The zero-order chi connectivity index (χ0) is 10.4. The van der Waals surface area contributed by atoms with Crippen LogP contribution in [0.2, 0.25) is 0 Å². The van der Waals surface area contributed by atoms with Crippen LogP contribution in [0.25, 0.3) is 6.08 Å². The van der Waals surface area contributed by atoms with E-state index in [-0.39, 0.29) is 0 Å². The van der Waals surface area contributed by atoms with Crippen molar-refractivity contribution in [2.75, 3.05) is 5.88 Å². The molecule has 0 aliphatic heterocycles. The van der Waals surface area contributed by atoms with Crippen molar-refractivity contribution in [3.8, 4) is 0 Å². The van der Waals surface area contributed by atoms with Gasteiger partial charge in [-0.05, 0) is 23.5 Å². The minimum atomic E-state index is 0.607. The van der Waals surface area contributed by atoms with E-state index >= 15 is 0 Å². The van der Waals surface area contributed by atoms with Crippen molar-refractivity contribution in [1.82, 2.24) is 0 Å². The second-order valence-electron chi connectivity index (χ2n) is 3.70. The van der Waals surface area contributed by atoms with E-state index in [0.717, 1.165) is 6.42 Å². The normalized spacial score (nSPS) is 11.4. The molecule has 1 heteroatoms. The summed E-state index contributed by atoms with van der Waals surface area (Å²) in [6, 6.07) is 8.68. The molecular formula is C13H17Cl. The van der Waals surface area contributed by atoms with Crippen LogP contribution in [0.4, 0.5) is 0 Å². The molecule has 0 atom stereocenters. The van der Waals surface area contributed by atoms with Gasteiger partial charge in [0.25, 0.3) is 0 Å². The molecule has 0 amide bonds. The van der Waals surface area contributed by atoms with Crippen molar-refractivity contribution < 1.29 is 0 Å². The molecule has 0 saturated carbocycles. The Labute approximate surface area is 91.6 Å². The fourth-order valence-electron chi connectivity index (χ4n) is 1.27. The highest BCUT2D eigenvalue weighted by atomic mass is 35.5.